The predicted molar refractivity (Wildman–Crippen MR) is 61.2 cm³/mol. The van der Waals surface area contributed by atoms with Crippen molar-refractivity contribution in [1.82, 2.24) is 14.6 Å². The number of nitrogens with one attached hydrogen (secondary N) is 1. The zero-order valence-corrected chi connectivity index (χ0v) is 10.1. The van der Waals surface area contributed by atoms with Gasteiger partial charge in [-0.1, -0.05) is 0 Å². The number of rotatable bonds is 3. The number of anilines is 1. The SMILES string of the molecule is COC(=O)CNc1nc2c(Br)cccn2n1. The fourth-order valence-corrected chi connectivity index (χ4v) is 1.59. The first-order valence-electron chi connectivity index (χ1n) is 4.52. The average molecular weight is 285 g/mol. The van der Waals surface area contributed by atoms with Gasteiger partial charge in [-0.05, 0) is 28.1 Å². The van der Waals surface area contributed by atoms with Crippen LogP contribution in [-0.4, -0.2) is 34.2 Å². The standard InChI is InChI=1S/C9H9BrN4O2/c1-16-7(15)5-11-9-12-8-6(10)3-2-4-14(8)13-9/h2-4H,5H2,1H3,(H,11,13). The van der Waals surface area contributed by atoms with Crippen molar-refractivity contribution in [2.45, 2.75) is 0 Å². The molecule has 0 saturated heterocycles. The quantitative estimate of drug-likeness (QED) is 0.854. The summed E-state index contributed by atoms with van der Waals surface area (Å²) in [5.74, 6) is 0.0234. The summed E-state index contributed by atoms with van der Waals surface area (Å²) in [4.78, 5) is 15.1. The van der Waals surface area contributed by atoms with E-state index >= 15 is 0 Å². The monoisotopic (exact) mass is 284 g/mol. The Morgan fingerprint density at radius 2 is 2.50 bits per heavy atom. The average Bonchev–Trinajstić information content (AvgIpc) is 2.70. The molecular weight excluding hydrogens is 276 g/mol. The van der Waals surface area contributed by atoms with Gasteiger partial charge in [0.05, 0.1) is 11.6 Å². The van der Waals surface area contributed by atoms with Gasteiger partial charge in [-0.25, -0.2) is 4.52 Å². The number of esters is 1. The van der Waals surface area contributed by atoms with Gasteiger partial charge in [0.25, 0.3) is 0 Å². The van der Waals surface area contributed by atoms with E-state index in [2.05, 4.69) is 36.1 Å². The van der Waals surface area contributed by atoms with Crippen LogP contribution >= 0.6 is 15.9 Å². The lowest BCUT2D eigenvalue weighted by atomic mass is 10.5. The Balaban J connectivity index is 2.20. The molecule has 1 N–H and O–H groups in total. The smallest absolute Gasteiger partial charge is 0.325 e. The van der Waals surface area contributed by atoms with E-state index in [0.29, 0.717) is 11.6 Å². The lowest BCUT2D eigenvalue weighted by Crippen LogP contribution is -2.15. The highest BCUT2D eigenvalue weighted by Gasteiger charge is 2.07. The van der Waals surface area contributed by atoms with Gasteiger partial charge in [0, 0.05) is 6.20 Å². The van der Waals surface area contributed by atoms with E-state index < -0.39 is 0 Å². The summed E-state index contributed by atoms with van der Waals surface area (Å²) in [5, 5.41) is 6.91. The Hall–Kier alpha value is -1.63. The van der Waals surface area contributed by atoms with E-state index in [1.54, 1.807) is 10.7 Å². The Morgan fingerprint density at radius 3 is 3.19 bits per heavy atom. The van der Waals surface area contributed by atoms with Crippen LogP contribution in [0, 0.1) is 0 Å². The van der Waals surface area contributed by atoms with Crippen LogP contribution in [-0.2, 0) is 9.53 Å². The second-order valence-electron chi connectivity index (χ2n) is 2.99. The van der Waals surface area contributed by atoms with Crippen molar-refractivity contribution >= 4 is 33.5 Å². The number of fused-ring (bicyclic) bond motifs is 1. The highest BCUT2D eigenvalue weighted by Crippen LogP contribution is 2.16. The van der Waals surface area contributed by atoms with Gasteiger partial charge >= 0.3 is 5.97 Å². The number of nitrogens with zero attached hydrogens (tertiary/aromatic N) is 3. The number of halogens is 1. The second kappa shape index (κ2) is 4.48. The number of carbonyl (C=O) groups is 1. The lowest BCUT2D eigenvalue weighted by Gasteiger charge is -1.97. The van der Waals surface area contributed by atoms with Gasteiger partial charge in [-0.2, -0.15) is 4.98 Å². The minimum atomic E-state index is -0.363. The van der Waals surface area contributed by atoms with E-state index in [4.69, 9.17) is 0 Å². The van der Waals surface area contributed by atoms with Gasteiger partial charge in [0.1, 0.15) is 6.54 Å². The molecule has 0 aliphatic rings. The minimum absolute atomic E-state index is 0.0466. The molecule has 0 spiro atoms. The molecule has 0 aliphatic carbocycles. The van der Waals surface area contributed by atoms with Crippen molar-refractivity contribution in [3.05, 3.63) is 22.8 Å². The molecule has 0 atom stereocenters. The number of aromatic nitrogens is 3. The molecule has 0 bridgehead atoms. The third-order valence-corrected chi connectivity index (χ3v) is 2.55. The molecule has 0 aromatic carbocycles. The topological polar surface area (TPSA) is 68.5 Å². The van der Waals surface area contributed by atoms with Gasteiger partial charge in [0.2, 0.25) is 5.95 Å². The maximum absolute atomic E-state index is 10.9. The van der Waals surface area contributed by atoms with Gasteiger partial charge < -0.3 is 10.1 Å². The minimum Gasteiger partial charge on any atom is -0.468 e. The molecule has 0 radical (unpaired) electrons. The first kappa shape index (κ1) is 10.9. The van der Waals surface area contributed by atoms with Crippen LogP contribution < -0.4 is 5.32 Å². The van der Waals surface area contributed by atoms with E-state index in [9.17, 15) is 4.79 Å². The predicted octanol–water partition coefficient (Wildman–Crippen LogP) is 1.08. The van der Waals surface area contributed by atoms with Crippen LogP contribution in [0.4, 0.5) is 5.95 Å². The molecular formula is C9H9BrN4O2. The number of carbonyl (C=O) groups excluding carboxylic acids is 1. The fourth-order valence-electron chi connectivity index (χ4n) is 1.17. The summed E-state index contributed by atoms with van der Waals surface area (Å²) in [5.41, 5.74) is 0.690. The molecule has 0 fully saturated rings. The molecule has 0 aliphatic heterocycles. The molecule has 2 rings (SSSR count). The first-order valence-corrected chi connectivity index (χ1v) is 5.31. The summed E-state index contributed by atoms with van der Waals surface area (Å²) >= 11 is 3.36. The van der Waals surface area contributed by atoms with Crippen LogP contribution in [0.3, 0.4) is 0 Å². The molecule has 2 aromatic rings. The van der Waals surface area contributed by atoms with Crippen LogP contribution in [0.1, 0.15) is 0 Å². The molecule has 0 amide bonds. The third-order valence-electron chi connectivity index (χ3n) is 1.93. The maximum atomic E-state index is 10.9. The second-order valence-corrected chi connectivity index (χ2v) is 3.84. The van der Waals surface area contributed by atoms with Crippen molar-refractivity contribution in [2.24, 2.45) is 0 Å². The summed E-state index contributed by atoms with van der Waals surface area (Å²) in [6.07, 6.45) is 1.77. The number of ether oxygens (including phenoxy) is 1. The Bertz CT molecular complexity index is 525. The van der Waals surface area contributed by atoms with Gasteiger partial charge in [-0.3, -0.25) is 4.79 Å². The zero-order chi connectivity index (χ0) is 11.5. The number of pyridine rings is 1. The Labute approximate surface area is 99.7 Å². The molecule has 7 heteroatoms. The molecule has 16 heavy (non-hydrogen) atoms. The van der Waals surface area contributed by atoms with E-state index in [1.165, 1.54) is 7.11 Å². The van der Waals surface area contributed by atoms with Crippen molar-refractivity contribution in [1.29, 1.82) is 0 Å². The van der Waals surface area contributed by atoms with Crippen LogP contribution in [0.15, 0.2) is 22.8 Å². The molecule has 6 nitrogen and oxygen atoms in total. The fraction of sp³-hybridized carbons (Fsp3) is 0.222. The molecule has 0 unspecified atom stereocenters. The summed E-state index contributed by atoms with van der Waals surface area (Å²) in [7, 11) is 1.33. The highest BCUT2D eigenvalue weighted by atomic mass is 79.9. The zero-order valence-electron chi connectivity index (χ0n) is 8.48. The molecule has 2 aromatic heterocycles. The third kappa shape index (κ3) is 2.13. The molecule has 84 valence electrons. The molecule has 2 heterocycles. The number of hydrogen-bond donors (Lipinski definition) is 1. The Kier molecular flexibility index (Phi) is 3.04. The largest absolute Gasteiger partial charge is 0.468 e. The van der Waals surface area contributed by atoms with Crippen LogP contribution in [0.25, 0.3) is 5.65 Å². The Morgan fingerprint density at radius 1 is 1.69 bits per heavy atom. The van der Waals surface area contributed by atoms with Crippen molar-refractivity contribution < 1.29 is 9.53 Å². The normalized spacial score (nSPS) is 10.4. The van der Waals surface area contributed by atoms with E-state index in [1.807, 2.05) is 12.1 Å². The summed E-state index contributed by atoms with van der Waals surface area (Å²) in [6.45, 7) is 0.0466. The summed E-state index contributed by atoms with van der Waals surface area (Å²) in [6, 6.07) is 3.71. The van der Waals surface area contributed by atoms with E-state index in [0.717, 1.165) is 4.47 Å². The first-order chi connectivity index (χ1) is 7.70. The maximum Gasteiger partial charge on any atom is 0.325 e. The van der Waals surface area contributed by atoms with Crippen molar-refractivity contribution in [3.63, 3.8) is 0 Å². The highest BCUT2D eigenvalue weighted by molar-refractivity contribution is 9.10. The number of hydrogen-bond acceptors (Lipinski definition) is 5. The van der Waals surface area contributed by atoms with E-state index in [-0.39, 0.29) is 12.5 Å². The van der Waals surface area contributed by atoms with Crippen LogP contribution in [0.5, 0.6) is 0 Å². The van der Waals surface area contributed by atoms with Crippen LogP contribution in [0.2, 0.25) is 0 Å². The van der Waals surface area contributed by atoms with Gasteiger partial charge in [-0.15, -0.1) is 5.10 Å². The lowest BCUT2D eigenvalue weighted by molar-refractivity contribution is -0.138. The van der Waals surface area contributed by atoms with Gasteiger partial charge in [0.15, 0.2) is 5.65 Å². The summed E-state index contributed by atoms with van der Waals surface area (Å²) < 4.78 is 6.95. The van der Waals surface area contributed by atoms with Crippen molar-refractivity contribution in [2.75, 3.05) is 19.0 Å². The van der Waals surface area contributed by atoms with Crippen molar-refractivity contribution in [3.8, 4) is 0 Å². The number of methoxy groups -OCH3 is 1. The molecule has 0 saturated carbocycles.